The van der Waals surface area contributed by atoms with Crippen LogP contribution in [-0.4, -0.2) is 23.1 Å². The molecule has 2 rings (SSSR count). The van der Waals surface area contributed by atoms with Gasteiger partial charge in [-0.25, -0.2) is 21.2 Å². The molecule has 0 aliphatic carbocycles. The van der Waals surface area contributed by atoms with E-state index in [-0.39, 0.29) is 15.5 Å². The predicted octanol–water partition coefficient (Wildman–Crippen LogP) is 2.34. The van der Waals surface area contributed by atoms with Crippen molar-refractivity contribution < 1.29 is 21.2 Å². The number of hydrogen-bond acceptors (Lipinski definition) is 4. The van der Waals surface area contributed by atoms with E-state index in [1.54, 1.807) is 6.92 Å². The summed E-state index contributed by atoms with van der Waals surface area (Å²) < 4.78 is 62.8. The van der Waals surface area contributed by atoms with Crippen LogP contribution in [0.1, 0.15) is 5.56 Å². The van der Waals surface area contributed by atoms with Crippen LogP contribution in [0.5, 0.6) is 0 Å². The highest BCUT2D eigenvalue weighted by Gasteiger charge is 2.17. The number of sulfone groups is 1. The molecule has 0 bridgehead atoms. The van der Waals surface area contributed by atoms with Crippen molar-refractivity contribution in [3.05, 3.63) is 53.8 Å². The van der Waals surface area contributed by atoms with Crippen molar-refractivity contribution in [2.24, 2.45) is 0 Å². The van der Waals surface area contributed by atoms with Crippen molar-refractivity contribution in [3.63, 3.8) is 0 Å². The van der Waals surface area contributed by atoms with Gasteiger partial charge in [0.25, 0.3) is 10.0 Å². The van der Waals surface area contributed by atoms with Gasteiger partial charge in [0.15, 0.2) is 9.84 Å². The monoisotopic (exact) mass is 343 g/mol. The van der Waals surface area contributed by atoms with E-state index >= 15 is 0 Å². The van der Waals surface area contributed by atoms with Gasteiger partial charge in [-0.2, -0.15) is 0 Å². The predicted molar refractivity (Wildman–Crippen MR) is 81.5 cm³/mol. The maximum atomic E-state index is 12.9. The van der Waals surface area contributed by atoms with E-state index in [9.17, 15) is 21.2 Å². The first-order valence-corrected chi connectivity index (χ1v) is 9.56. The van der Waals surface area contributed by atoms with Crippen molar-refractivity contribution in [2.75, 3.05) is 11.0 Å². The molecule has 2 aromatic carbocycles. The number of anilines is 1. The molecule has 0 atom stereocenters. The second-order valence-electron chi connectivity index (χ2n) is 4.81. The Kier molecular flexibility index (Phi) is 4.25. The molecule has 8 heteroatoms. The van der Waals surface area contributed by atoms with E-state index in [2.05, 4.69) is 4.72 Å². The Bertz CT molecular complexity index is 904. The standard InChI is InChI=1S/C14H14FNO4S2/c1-10-3-6-13(21(2,17)18)9-14(10)16-22(19,20)12-7-4-11(15)5-8-12/h3-9,16H,1-2H3. The number of benzene rings is 2. The maximum absolute atomic E-state index is 12.9. The molecule has 0 fully saturated rings. The Morgan fingerprint density at radius 2 is 1.45 bits per heavy atom. The lowest BCUT2D eigenvalue weighted by Gasteiger charge is -2.12. The van der Waals surface area contributed by atoms with Gasteiger partial charge >= 0.3 is 0 Å². The molecule has 2 aromatic rings. The molecule has 5 nitrogen and oxygen atoms in total. The average molecular weight is 343 g/mol. The minimum atomic E-state index is -3.93. The van der Waals surface area contributed by atoms with Crippen LogP contribution in [0.3, 0.4) is 0 Å². The van der Waals surface area contributed by atoms with Crippen LogP contribution >= 0.6 is 0 Å². The fourth-order valence-corrected chi connectivity index (χ4v) is 3.53. The van der Waals surface area contributed by atoms with Crippen LogP contribution in [0.25, 0.3) is 0 Å². The van der Waals surface area contributed by atoms with Gasteiger partial charge in [0.1, 0.15) is 5.82 Å². The Balaban J connectivity index is 2.43. The second-order valence-corrected chi connectivity index (χ2v) is 8.51. The van der Waals surface area contributed by atoms with Crippen molar-refractivity contribution >= 4 is 25.5 Å². The van der Waals surface area contributed by atoms with Crippen LogP contribution in [-0.2, 0) is 19.9 Å². The summed E-state index contributed by atoms with van der Waals surface area (Å²) in [6, 6.07) is 8.51. The van der Waals surface area contributed by atoms with Gasteiger partial charge in [0.2, 0.25) is 0 Å². The fraction of sp³-hybridized carbons (Fsp3) is 0.143. The van der Waals surface area contributed by atoms with Gasteiger partial charge < -0.3 is 0 Å². The molecular weight excluding hydrogens is 329 g/mol. The summed E-state index contributed by atoms with van der Waals surface area (Å²) in [6.07, 6.45) is 1.04. The smallest absolute Gasteiger partial charge is 0.261 e. The van der Waals surface area contributed by atoms with E-state index in [4.69, 9.17) is 0 Å². The summed E-state index contributed by atoms with van der Waals surface area (Å²) in [6.45, 7) is 1.65. The number of aryl methyl sites for hydroxylation is 1. The summed E-state index contributed by atoms with van der Waals surface area (Å²) in [4.78, 5) is -0.104. The first-order valence-electron chi connectivity index (χ1n) is 6.19. The number of sulfonamides is 1. The third-order valence-electron chi connectivity index (χ3n) is 3.01. The van der Waals surface area contributed by atoms with Gasteiger partial charge in [-0.05, 0) is 48.9 Å². The summed E-state index contributed by atoms with van der Waals surface area (Å²) >= 11 is 0. The SMILES string of the molecule is Cc1ccc(S(C)(=O)=O)cc1NS(=O)(=O)c1ccc(F)cc1. The van der Waals surface area contributed by atoms with Gasteiger partial charge in [0.05, 0.1) is 15.5 Å². The molecule has 0 unspecified atom stereocenters. The van der Waals surface area contributed by atoms with Crippen molar-refractivity contribution in [2.45, 2.75) is 16.7 Å². The fourth-order valence-electron chi connectivity index (χ4n) is 1.76. The van der Waals surface area contributed by atoms with E-state index in [0.29, 0.717) is 5.56 Å². The van der Waals surface area contributed by atoms with Crippen LogP contribution in [0.4, 0.5) is 10.1 Å². The molecule has 0 saturated heterocycles. The quantitative estimate of drug-likeness (QED) is 0.924. The van der Waals surface area contributed by atoms with E-state index < -0.39 is 25.7 Å². The first-order chi connectivity index (χ1) is 10.1. The summed E-state index contributed by atoms with van der Waals surface area (Å²) in [5, 5.41) is 0. The lowest BCUT2D eigenvalue weighted by atomic mass is 10.2. The lowest BCUT2D eigenvalue weighted by molar-refractivity contribution is 0.598. The first kappa shape index (κ1) is 16.4. The summed E-state index contributed by atoms with van der Waals surface area (Å²) in [7, 11) is -7.38. The van der Waals surface area contributed by atoms with Crippen molar-refractivity contribution in [1.82, 2.24) is 0 Å². The van der Waals surface area contributed by atoms with E-state index in [1.165, 1.54) is 18.2 Å². The lowest BCUT2D eigenvalue weighted by Crippen LogP contribution is -2.14. The molecule has 0 spiro atoms. The average Bonchev–Trinajstić information content (AvgIpc) is 2.40. The Morgan fingerprint density at radius 1 is 0.909 bits per heavy atom. The zero-order valence-electron chi connectivity index (χ0n) is 11.9. The molecule has 0 aliphatic rings. The third kappa shape index (κ3) is 3.63. The van der Waals surface area contributed by atoms with Gasteiger partial charge in [0, 0.05) is 6.26 Å². The molecule has 0 aliphatic heterocycles. The zero-order chi connectivity index (χ0) is 16.5. The molecule has 0 amide bonds. The number of halogens is 1. The van der Waals surface area contributed by atoms with Gasteiger partial charge in [-0.15, -0.1) is 0 Å². The number of rotatable bonds is 4. The molecule has 0 saturated carbocycles. The largest absolute Gasteiger partial charge is 0.279 e. The minimum absolute atomic E-state index is 0.00917. The zero-order valence-corrected chi connectivity index (χ0v) is 13.5. The second kappa shape index (κ2) is 5.69. The molecule has 0 heterocycles. The highest BCUT2D eigenvalue weighted by atomic mass is 32.2. The summed E-state index contributed by atoms with van der Waals surface area (Å²) in [5.74, 6) is -0.547. The molecule has 22 heavy (non-hydrogen) atoms. The van der Waals surface area contributed by atoms with Gasteiger partial charge in [-0.3, -0.25) is 4.72 Å². The number of hydrogen-bond donors (Lipinski definition) is 1. The summed E-state index contributed by atoms with van der Waals surface area (Å²) in [5.41, 5.74) is 0.727. The molecule has 118 valence electrons. The molecule has 0 radical (unpaired) electrons. The Labute approximate surface area is 128 Å². The van der Waals surface area contributed by atoms with Crippen LogP contribution in [0.2, 0.25) is 0 Å². The van der Waals surface area contributed by atoms with Crippen LogP contribution in [0, 0.1) is 12.7 Å². The molecule has 1 N–H and O–H groups in total. The van der Waals surface area contributed by atoms with Crippen molar-refractivity contribution in [1.29, 1.82) is 0 Å². The normalized spacial score (nSPS) is 12.1. The van der Waals surface area contributed by atoms with E-state index in [0.717, 1.165) is 30.5 Å². The number of nitrogens with one attached hydrogen (secondary N) is 1. The van der Waals surface area contributed by atoms with E-state index in [1.807, 2.05) is 0 Å². The Morgan fingerprint density at radius 3 is 2.00 bits per heavy atom. The Hall–Kier alpha value is -1.93. The third-order valence-corrected chi connectivity index (χ3v) is 5.50. The molecule has 0 aromatic heterocycles. The topological polar surface area (TPSA) is 80.3 Å². The minimum Gasteiger partial charge on any atom is -0.279 e. The van der Waals surface area contributed by atoms with Crippen LogP contribution in [0.15, 0.2) is 52.3 Å². The van der Waals surface area contributed by atoms with Crippen LogP contribution < -0.4 is 4.72 Å². The highest BCUT2D eigenvalue weighted by Crippen LogP contribution is 2.23. The van der Waals surface area contributed by atoms with Crippen molar-refractivity contribution in [3.8, 4) is 0 Å². The van der Waals surface area contributed by atoms with Gasteiger partial charge in [-0.1, -0.05) is 6.07 Å². The maximum Gasteiger partial charge on any atom is 0.261 e. The molecular formula is C14H14FNO4S2. The highest BCUT2D eigenvalue weighted by molar-refractivity contribution is 7.92.